The second kappa shape index (κ2) is 8.51. The highest BCUT2D eigenvalue weighted by atomic mass is 31.0. The average Bonchev–Trinajstić information content (AvgIpc) is 2.24. The summed E-state index contributed by atoms with van der Waals surface area (Å²) in [5.74, 6) is 0. The van der Waals surface area contributed by atoms with Gasteiger partial charge in [-0.15, -0.1) is 9.24 Å². The van der Waals surface area contributed by atoms with E-state index in [0.29, 0.717) is 5.16 Å². The molecule has 1 heteroatoms. The summed E-state index contributed by atoms with van der Waals surface area (Å²) in [4.78, 5) is 0. The van der Waals surface area contributed by atoms with Crippen molar-refractivity contribution in [3.63, 3.8) is 0 Å². The molecule has 1 unspecified atom stereocenters. The molecule has 0 radical (unpaired) electrons. The molecule has 1 aliphatic carbocycles. The molecule has 0 spiro atoms. The van der Waals surface area contributed by atoms with Crippen LogP contribution < -0.4 is 0 Å². The van der Waals surface area contributed by atoms with Gasteiger partial charge in [0.2, 0.25) is 0 Å². The SMILES string of the molecule is CC1(P)CCCCCCCCCCCCC1. The predicted molar refractivity (Wildman–Crippen MR) is 78.1 cm³/mol. The minimum Gasteiger partial charge on any atom is -0.131 e. The van der Waals surface area contributed by atoms with Crippen molar-refractivity contribution in [1.82, 2.24) is 0 Å². The molecule has 0 aliphatic heterocycles. The number of hydrogen-bond acceptors (Lipinski definition) is 0. The molecule has 16 heavy (non-hydrogen) atoms. The van der Waals surface area contributed by atoms with Crippen LogP contribution in [0.3, 0.4) is 0 Å². The molecule has 0 bridgehead atoms. The standard InChI is InChI=1S/C15H31P/c1-15(16)13-11-9-7-5-3-2-4-6-8-10-12-14-15/h2-14,16H2,1H3. The molecule has 0 amide bonds. The third kappa shape index (κ3) is 7.66. The normalized spacial score (nSPS) is 25.9. The van der Waals surface area contributed by atoms with Gasteiger partial charge in [0.25, 0.3) is 0 Å². The second-order valence-electron chi connectivity index (χ2n) is 6.04. The quantitative estimate of drug-likeness (QED) is 0.478. The molecule has 0 heterocycles. The molecule has 0 N–H and O–H groups in total. The Balaban J connectivity index is 2.22. The van der Waals surface area contributed by atoms with E-state index in [9.17, 15) is 0 Å². The van der Waals surface area contributed by atoms with Crippen LogP contribution in [0, 0.1) is 0 Å². The highest BCUT2D eigenvalue weighted by molar-refractivity contribution is 7.18. The van der Waals surface area contributed by atoms with E-state index < -0.39 is 0 Å². The van der Waals surface area contributed by atoms with Crippen LogP contribution in [-0.4, -0.2) is 5.16 Å². The Morgan fingerprint density at radius 1 is 0.562 bits per heavy atom. The molecular weight excluding hydrogens is 211 g/mol. The largest absolute Gasteiger partial charge is 0.131 e. The number of rotatable bonds is 0. The van der Waals surface area contributed by atoms with Crippen molar-refractivity contribution in [3.05, 3.63) is 0 Å². The molecule has 0 saturated heterocycles. The minimum absolute atomic E-state index is 0.532. The third-order valence-electron chi connectivity index (χ3n) is 4.00. The summed E-state index contributed by atoms with van der Waals surface area (Å²) in [7, 11) is 3.11. The lowest BCUT2D eigenvalue weighted by molar-refractivity contribution is 0.454. The van der Waals surface area contributed by atoms with Crippen LogP contribution in [0.1, 0.15) is 90.4 Å². The lowest BCUT2D eigenvalue weighted by atomic mass is 9.94. The summed E-state index contributed by atoms with van der Waals surface area (Å²) in [5, 5.41) is 0.532. The molecule has 1 rings (SSSR count). The first-order valence-corrected chi connectivity index (χ1v) is 8.07. The van der Waals surface area contributed by atoms with Gasteiger partial charge >= 0.3 is 0 Å². The predicted octanol–water partition coefficient (Wildman–Crippen LogP) is 5.71. The van der Waals surface area contributed by atoms with Gasteiger partial charge < -0.3 is 0 Å². The van der Waals surface area contributed by atoms with Gasteiger partial charge in [0.1, 0.15) is 0 Å². The van der Waals surface area contributed by atoms with Crippen molar-refractivity contribution in [2.45, 2.75) is 95.6 Å². The number of hydrogen-bond donors (Lipinski definition) is 0. The molecule has 0 nitrogen and oxygen atoms in total. The van der Waals surface area contributed by atoms with E-state index in [1.165, 1.54) is 83.5 Å². The maximum absolute atomic E-state index is 3.11. The van der Waals surface area contributed by atoms with E-state index in [0.717, 1.165) is 0 Å². The van der Waals surface area contributed by atoms with Gasteiger partial charge in [-0.05, 0) is 18.0 Å². The van der Waals surface area contributed by atoms with Crippen molar-refractivity contribution < 1.29 is 0 Å². The Hall–Kier alpha value is 0.430. The molecule has 1 fully saturated rings. The molecule has 1 aliphatic rings. The lowest BCUT2D eigenvalue weighted by Gasteiger charge is -2.24. The van der Waals surface area contributed by atoms with Crippen LogP contribution in [0.4, 0.5) is 0 Å². The van der Waals surface area contributed by atoms with Gasteiger partial charge in [0.15, 0.2) is 0 Å². The Morgan fingerprint density at radius 3 is 1.12 bits per heavy atom. The van der Waals surface area contributed by atoms with Crippen molar-refractivity contribution in [3.8, 4) is 0 Å². The van der Waals surface area contributed by atoms with Crippen LogP contribution in [0.15, 0.2) is 0 Å². The van der Waals surface area contributed by atoms with Gasteiger partial charge in [0, 0.05) is 0 Å². The first kappa shape index (κ1) is 14.5. The zero-order chi connectivity index (χ0) is 11.7. The molecule has 96 valence electrons. The molecule has 0 aromatic heterocycles. The van der Waals surface area contributed by atoms with Crippen molar-refractivity contribution in [2.24, 2.45) is 0 Å². The molecule has 0 aromatic carbocycles. The van der Waals surface area contributed by atoms with E-state index >= 15 is 0 Å². The van der Waals surface area contributed by atoms with E-state index in [1.54, 1.807) is 0 Å². The van der Waals surface area contributed by atoms with Crippen LogP contribution in [0.25, 0.3) is 0 Å². The van der Waals surface area contributed by atoms with E-state index in [1.807, 2.05) is 0 Å². The summed E-state index contributed by atoms with van der Waals surface area (Å²) < 4.78 is 0. The van der Waals surface area contributed by atoms with E-state index in [2.05, 4.69) is 16.2 Å². The maximum atomic E-state index is 3.11. The average molecular weight is 242 g/mol. The zero-order valence-corrected chi connectivity index (χ0v) is 12.4. The molecule has 1 saturated carbocycles. The summed E-state index contributed by atoms with van der Waals surface area (Å²) in [5.41, 5.74) is 0. The van der Waals surface area contributed by atoms with Gasteiger partial charge in [-0.1, -0.05) is 77.6 Å². The summed E-state index contributed by atoms with van der Waals surface area (Å²) >= 11 is 0. The molecule has 0 aromatic rings. The fourth-order valence-electron chi connectivity index (χ4n) is 2.77. The monoisotopic (exact) mass is 242 g/mol. The molecular formula is C15H31P. The van der Waals surface area contributed by atoms with Gasteiger partial charge in [-0.25, -0.2) is 0 Å². The van der Waals surface area contributed by atoms with Crippen molar-refractivity contribution in [2.75, 3.05) is 0 Å². The smallest absolute Gasteiger partial charge is 0.0178 e. The third-order valence-corrected chi connectivity index (χ3v) is 4.57. The highest BCUT2D eigenvalue weighted by Crippen LogP contribution is 2.31. The second-order valence-corrected chi connectivity index (χ2v) is 7.44. The fourth-order valence-corrected chi connectivity index (χ4v) is 3.18. The van der Waals surface area contributed by atoms with Crippen molar-refractivity contribution in [1.29, 1.82) is 0 Å². The Bertz CT molecular complexity index is 147. The van der Waals surface area contributed by atoms with Crippen LogP contribution in [0.2, 0.25) is 0 Å². The topological polar surface area (TPSA) is 0 Å². The Morgan fingerprint density at radius 2 is 0.812 bits per heavy atom. The first-order chi connectivity index (χ1) is 7.71. The summed E-state index contributed by atoms with van der Waals surface area (Å²) in [6.45, 7) is 2.43. The first-order valence-electron chi connectivity index (χ1n) is 7.50. The van der Waals surface area contributed by atoms with Crippen LogP contribution >= 0.6 is 9.24 Å². The summed E-state index contributed by atoms with van der Waals surface area (Å²) in [6, 6.07) is 0. The van der Waals surface area contributed by atoms with Crippen LogP contribution in [0.5, 0.6) is 0 Å². The van der Waals surface area contributed by atoms with E-state index in [4.69, 9.17) is 0 Å². The van der Waals surface area contributed by atoms with Gasteiger partial charge in [-0.2, -0.15) is 0 Å². The minimum atomic E-state index is 0.532. The maximum Gasteiger partial charge on any atom is -0.0178 e. The van der Waals surface area contributed by atoms with Gasteiger partial charge in [0.05, 0.1) is 0 Å². The zero-order valence-electron chi connectivity index (χ0n) is 11.3. The van der Waals surface area contributed by atoms with Gasteiger partial charge in [-0.3, -0.25) is 0 Å². The fraction of sp³-hybridized carbons (Fsp3) is 1.00. The van der Waals surface area contributed by atoms with Crippen LogP contribution in [-0.2, 0) is 0 Å². The Labute approximate surface area is 105 Å². The molecule has 1 atom stereocenters. The van der Waals surface area contributed by atoms with Crippen molar-refractivity contribution >= 4 is 9.24 Å². The lowest BCUT2D eigenvalue weighted by Crippen LogP contribution is -2.15. The highest BCUT2D eigenvalue weighted by Gasteiger charge is 2.16. The summed E-state index contributed by atoms with van der Waals surface area (Å²) in [6.07, 6.45) is 19.0. The Kier molecular flexibility index (Phi) is 7.71. The van der Waals surface area contributed by atoms with E-state index in [-0.39, 0.29) is 0 Å².